The Hall–Kier alpha value is -1.73. The predicted octanol–water partition coefficient (Wildman–Crippen LogP) is 5.11. The van der Waals surface area contributed by atoms with E-state index >= 15 is 0 Å². The molecule has 0 aromatic heterocycles. The number of amides is 1. The number of phenolic OH excluding ortho intramolecular Hbond substituents is 1. The molecule has 0 unspecified atom stereocenters. The van der Waals surface area contributed by atoms with Crippen LogP contribution in [0.3, 0.4) is 0 Å². The van der Waals surface area contributed by atoms with Crippen LogP contribution in [-0.4, -0.2) is 22.4 Å². The predicted molar refractivity (Wildman–Crippen MR) is 107 cm³/mol. The number of thioether (sulfide) groups is 1. The number of ether oxygens (including phenoxy) is 1. The van der Waals surface area contributed by atoms with Crippen LogP contribution in [0.1, 0.15) is 5.56 Å². The van der Waals surface area contributed by atoms with Crippen molar-refractivity contribution < 1.29 is 14.6 Å². The van der Waals surface area contributed by atoms with Crippen LogP contribution in [0.15, 0.2) is 41.3 Å². The summed E-state index contributed by atoms with van der Waals surface area (Å²) in [5, 5.41) is 10.9. The molecular formula is C17H11Cl2NO3S2. The number of nitrogens with zero attached hydrogens (tertiary/aromatic N) is 1. The molecule has 3 rings (SSSR count). The third kappa shape index (κ3) is 3.48. The Balaban J connectivity index is 1.97. The van der Waals surface area contributed by atoms with E-state index in [4.69, 9.17) is 40.2 Å². The first kappa shape index (κ1) is 18.1. The molecule has 0 atom stereocenters. The van der Waals surface area contributed by atoms with Gasteiger partial charge >= 0.3 is 0 Å². The summed E-state index contributed by atoms with van der Waals surface area (Å²) in [7, 11) is 1.46. The smallest absolute Gasteiger partial charge is 0.270 e. The maximum absolute atomic E-state index is 12.7. The Morgan fingerprint density at radius 2 is 2.00 bits per heavy atom. The molecule has 1 fully saturated rings. The lowest BCUT2D eigenvalue weighted by atomic mass is 10.1. The minimum absolute atomic E-state index is 0.0372. The SMILES string of the molecule is COc1cccc(/C=C2\SC(=S)N(c3ccc(Cl)c(Cl)c3)C2=O)c1O. The molecule has 0 radical (unpaired) electrons. The van der Waals surface area contributed by atoms with Crippen molar-refractivity contribution in [1.29, 1.82) is 0 Å². The maximum atomic E-state index is 12.7. The molecule has 128 valence electrons. The highest BCUT2D eigenvalue weighted by Crippen LogP contribution is 2.39. The second kappa shape index (κ2) is 7.25. The number of carbonyl (C=O) groups is 1. The van der Waals surface area contributed by atoms with E-state index in [1.807, 2.05) is 0 Å². The fourth-order valence-electron chi connectivity index (χ4n) is 2.28. The number of hydrogen-bond donors (Lipinski definition) is 1. The molecule has 0 spiro atoms. The van der Waals surface area contributed by atoms with E-state index < -0.39 is 0 Å². The number of benzene rings is 2. The van der Waals surface area contributed by atoms with E-state index in [1.165, 1.54) is 12.0 Å². The van der Waals surface area contributed by atoms with Crippen molar-refractivity contribution in [3.63, 3.8) is 0 Å². The van der Waals surface area contributed by atoms with Crippen LogP contribution in [0, 0.1) is 0 Å². The zero-order valence-electron chi connectivity index (χ0n) is 12.8. The van der Waals surface area contributed by atoms with E-state index in [0.29, 0.717) is 36.3 Å². The molecule has 1 heterocycles. The number of hydrogen-bond acceptors (Lipinski definition) is 5. The summed E-state index contributed by atoms with van der Waals surface area (Å²) in [5.74, 6) is -0.00544. The number of methoxy groups -OCH3 is 1. The van der Waals surface area contributed by atoms with Crippen LogP contribution in [0.5, 0.6) is 11.5 Å². The van der Waals surface area contributed by atoms with Crippen LogP contribution in [0.25, 0.3) is 6.08 Å². The summed E-state index contributed by atoms with van der Waals surface area (Å²) in [6.45, 7) is 0. The van der Waals surface area contributed by atoms with Gasteiger partial charge in [-0.1, -0.05) is 59.3 Å². The first-order valence-corrected chi connectivity index (χ1v) is 8.99. The van der Waals surface area contributed by atoms with Crippen LogP contribution < -0.4 is 9.64 Å². The fraction of sp³-hybridized carbons (Fsp3) is 0.0588. The van der Waals surface area contributed by atoms with Gasteiger partial charge in [0.25, 0.3) is 5.91 Å². The van der Waals surface area contributed by atoms with Gasteiger partial charge in [-0.25, -0.2) is 0 Å². The first-order chi connectivity index (χ1) is 11.9. The lowest BCUT2D eigenvalue weighted by Gasteiger charge is -2.15. The van der Waals surface area contributed by atoms with Gasteiger partial charge in [0.15, 0.2) is 15.8 Å². The van der Waals surface area contributed by atoms with Crippen molar-refractivity contribution in [2.24, 2.45) is 0 Å². The Labute approximate surface area is 164 Å². The zero-order valence-corrected chi connectivity index (χ0v) is 16.0. The normalized spacial score (nSPS) is 16.0. The van der Waals surface area contributed by atoms with Gasteiger partial charge in [0, 0.05) is 5.56 Å². The van der Waals surface area contributed by atoms with Gasteiger partial charge in [0.05, 0.1) is 27.7 Å². The number of halogens is 2. The van der Waals surface area contributed by atoms with Crippen molar-refractivity contribution >= 4 is 69.2 Å². The van der Waals surface area contributed by atoms with Gasteiger partial charge in [0.1, 0.15) is 0 Å². The van der Waals surface area contributed by atoms with E-state index in [1.54, 1.807) is 42.5 Å². The largest absolute Gasteiger partial charge is 0.504 e. The van der Waals surface area contributed by atoms with Gasteiger partial charge < -0.3 is 9.84 Å². The average Bonchev–Trinajstić information content (AvgIpc) is 2.86. The molecule has 2 aromatic carbocycles. The maximum Gasteiger partial charge on any atom is 0.270 e. The summed E-state index contributed by atoms with van der Waals surface area (Å²) < 4.78 is 5.45. The van der Waals surface area contributed by atoms with Gasteiger partial charge in [-0.3, -0.25) is 9.69 Å². The molecule has 1 aliphatic rings. The molecule has 1 N–H and O–H groups in total. The van der Waals surface area contributed by atoms with Gasteiger partial charge in [-0.15, -0.1) is 0 Å². The molecule has 2 aromatic rings. The van der Waals surface area contributed by atoms with Gasteiger partial charge in [-0.05, 0) is 30.3 Å². The minimum Gasteiger partial charge on any atom is -0.504 e. The summed E-state index contributed by atoms with van der Waals surface area (Å²) in [4.78, 5) is 14.5. The lowest BCUT2D eigenvalue weighted by Crippen LogP contribution is -2.27. The minimum atomic E-state index is -0.296. The first-order valence-electron chi connectivity index (χ1n) is 7.01. The number of aromatic hydroxyl groups is 1. The van der Waals surface area contributed by atoms with Crippen LogP contribution in [0.2, 0.25) is 10.0 Å². The molecule has 0 bridgehead atoms. The van der Waals surface area contributed by atoms with Crippen LogP contribution >= 0.6 is 47.2 Å². The van der Waals surface area contributed by atoms with Gasteiger partial charge in [-0.2, -0.15) is 0 Å². The van der Waals surface area contributed by atoms with Crippen LogP contribution in [0.4, 0.5) is 5.69 Å². The fourth-order valence-corrected chi connectivity index (χ4v) is 3.86. The van der Waals surface area contributed by atoms with Crippen molar-refractivity contribution in [2.45, 2.75) is 0 Å². The molecule has 1 aliphatic heterocycles. The summed E-state index contributed by atoms with van der Waals surface area (Å²) in [6.07, 6.45) is 1.58. The van der Waals surface area contributed by atoms with E-state index in [9.17, 15) is 9.90 Å². The Morgan fingerprint density at radius 1 is 1.24 bits per heavy atom. The quantitative estimate of drug-likeness (QED) is 0.561. The third-order valence-electron chi connectivity index (χ3n) is 3.49. The Kier molecular flexibility index (Phi) is 5.24. The topological polar surface area (TPSA) is 49.8 Å². The molecule has 8 heteroatoms. The lowest BCUT2D eigenvalue weighted by molar-refractivity contribution is -0.113. The second-order valence-corrected chi connectivity index (χ2v) is 7.50. The molecular weight excluding hydrogens is 401 g/mol. The van der Waals surface area contributed by atoms with E-state index in [-0.39, 0.29) is 11.7 Å². The number of phenols is 1. The molecule has 0 aliphatic carbocycles. The number of rotatable bonds is 3. The summed E-state index contributed by atoms with van der Waals surface area (Å²) in [5.41, 5.74) is 1.00. The highest BCUT2D eigenvalue weighted by Gasteiger charge is 2.33. The van der Waals surface area contributed by atoms with Crippen molar-refractivity contribution in [1.82, 2.24) is 0 Å². The molecule has 4 nitrogen and oxygen atoms in total. The number of carbonyl (C=O) groups excluding carboxylic acids is 1. The number of anilines is 1. The highest BCUT2D eigenvalue weighted by atomic mass is 35.5. The Bertz CT molecular complexity index is 915. The molecule has 1 saturated heterocycles. The van der Waals surface area contributed by atoms with Crippen molar-refractivity contribution in [2.75, 3.05) is 12.0 Å². The van der Waals surface area contributed by atoms with E-state index in [0.717, 1.165) is 11.8 Å². The highest BCUT2D eigenvalue weighted by molar-refractivity contribution is 8.27. The Morgan fingerprint density at radius 3 is 2.68 bits per heavy atom. The number of thiocarbonyl (C=S) groups is 1. The summed E-state index contributed by atoms with van der Waals surface area (Å²) in [6, 6.07) is 9.90. The van der Waals surface area contributed by atoms with Crippen molar-refractivity contribution in [3.05, 3.63) is 56.9 Å². The molecule has 1 amide bonds. The number of para-hydroxylation sites is 1. The van der Waals surface area contributed by atoms with Gasteiger partial charge in [0.2, 0.25) is 0 Å². The average molecular weight is 412 g/mol. The van der Waals surface area contributed by atoms with E-state index in [2.05, 4.69) is 0 Å². The van der Waals surface area contributed by atoms with Crippen LogP contribution in [-0.2, 0) is 4.79 Å². The molecule has 25 heavy (non-hydrogen) atoms. The van der Waals surface area contributed by atoms with Crippen molar-refractivity contribution in [3.8, 4) is 11.5 Å². The molecule has 0 saturated carbocycles. The monoisotopic (exact) mass is 411 g/mol. The zero-order chi connectivity index (χ0) is 18.1. The summed E-state index contributed by atoms with van der Waals surface area (Å²) >= 11 is 18.4. The second-order valence-electron chi connectivity index (χ2n) is 5.01. The standard InChI is InChI=1S/C17H11Cl2NO3S2/c1-23-13-4-2-3-9(15(13)21)7-14-16(22)20(17(24)25-14)10-5-6-11(18)12(19)8-10/h2-8,21H,1H3/b14-7-. The third-order valence-corrected chi connectivity index (χ3v) is 5.53.